The Labute approximate surface area is 202 Å². The molecule has 34 heavy (non-hydrogen) atoms. The summed E-state index contributed by atoms with van der Waals surface area (Å²) >= 11 is 0. The summed E-state index contributed by atoms with van der Waals surface area (Å²) in [4.78, 5) is 23.4. The summed E-state index contributed by atoms with van der Waals surface area (Å²) < 4.78 is 0. The molecule has 0 atom stereocenters. The van der Waals surface area contributed by atoms with E-state index in [1.54, 1.807) is 12.1 Å². The highest BCUT2D eigenvalue weighted by Gasteiger charge is 2.25. The highest BCUT2D eigenvalue weighted by atomic mass is 16.6. The Morgan fingerprint density at radius 3 is 2.00 bits per heavy atom. The number of benzene rings is 3. The maximum Gasteiger partial charge on any atom is 0.269 e. The summed E-state index contributed by atoms with van der Waals surface area (Å²) in [5.41, 5.74) is 5.80. The molecule has 0 heterocycles. The van der Waals surface area contributed by atoms with E-state index in [0.29, 0.717) is 18.3 Å². The summed E-state index contributed by atoms with van der Waals surface area (Å²) in [6.07, 6.45) is 8.25. The lowest BCUT2D eigenvalue weighted by atomic mass is 9.76. The van der Waals surface area contributed by atoms with Crippen LogP contribution in [-0.4, -0.2) is 10.7 Å². The minimum atomic E-state index is -0.358. The Morgan fingerprint density at radius 1 is 0.853 bits per heavy atom. The van der Waals surface area contributed by atoms with Crippen molar-refractivity contribution in [3.63, 3.8) is 0 Å². The second-order valence-corrected chi connectivity index (χ2v) is 9.57. The van der Waals surface area contributed by atoms with Gasteiger partial charge in [-0.05, 0) is 72.6 Å². The number of nitro groups is 1. The van der Waals surface area contributed by atoms with Crippen LogP contribution in [0.4, 0.5) is 5.69 Å². The van der Waals surface area contributed by atoms with Crippen LogP contribution in [0.15, 0.2) is 72.8 Å². The standard InChI is InChI=1S/C30H33NO3/c1-2-3-4-22-5-9-24(10-6-22)26-13-15-28(16-14-26)30(32)21-23-7-11-25(12-8-23)27-17-19-29(20-18-27)31(33)34/h5-6,9-10,13-20,23,25H,2-4,7-8,11-12,21H2,1H3. The SMILES string of the molecule is CCCCc1ccc(-c2ccc(C(=O)CC3CCC(c4ccc([N+](=O)[O-])cc4)CC3)cc2)cc1. The van der Waals surface area contributed by atoms with E-state index in [4.69, 9.17) is 0 Å². The Hall–Kier alpha value is -3.27. The Balaban J connectivity index is 1.29. The Kier molecular flexibility index (Phi) is 7.89. The zero-order valence-electron chi connectivity index (χ0n) is 19.9. The number of carbonyl (C=O) groups is 1. The first-order chi connectivity index (χ1) is 16.5. The maximum atomic E-state index is 12.9. The molecule has 3 aromatic carbocycles. The molecule has 1 aliphatic rings. The summed E-state index contributed by atoms with van der Waals surface area (Å²) in [7, 11) is 0. The Morgan fingerprint density at radius 2 is 1.44 bits per heavy atom. The van der Waals surface area contributed by atoms with E-state index in [1.807, 2.05) is 24.3 Å². The van der Waals surface area contributed by atoms with Crippen molar-refractivity contribution in [1.29, 1.82) is 0 Å². The average molecular weight is 456 g/mol. The number of hydrogen-bond acceptors (Lipinski definition) is 3. The fraction of sp³-hybridized carbons (Fsp3) is 0.367. The normalized spacial score (nSPS) is 17.9. The zero-order chi connectivity index (χ0) is 23.9. The fourth-order valence-electron chi connectivity index (χ4n) is 5.04. The topological polar surface area (TPSA) is 60.2 Å². The molecular weight excluding hydrogens is 422 g/mol. The van der Waals surface area contributed by atoms with Gasteiger partial charge in [0.25, 0.3) is 5.69 Å². The predicted octanol–water partition coefficient (Wildman–Crippen LogP) is 8.15. The first-order valence-electron chi connectivity index (χ1n) is 12.5. The molecule has 1 aliphatic carbocycles. The number of nitrogens with zero attached hydrogens (tertiary/aromatic N) is 1. The van der Waals surface area contributed by atoms with Crippen LogP contribution in [0, 0.1) is 16.0 Å². The van der Waals surface area contributed by atoms with Crippen molar-refractivity contribution in [2.45, 2.75) is 64.2 Å². The molecule has 4 rings (SSSR count). The van der Waals surface area contributed by atoms with Gasteiger partial charge in [0.1, 0.15) is 0 Å². The monoisotopic (exact) mass is 455 g/mol. The third kappa shape index (κ3) is 5.99. The number of nitro benzene ring substituents is 1. The molecule has 3 aromatic rings. The third-order valence-corrected chi connectivity index (χ3v) is 7.21. The first kappa shape index (κ1) is 23.9. The van der Waals surface area contributed by atoms with Gasteiger partial charge in [-0.2, -0.15) is 0 Å². The van der Waals surface area contributed by atoms with Gasteiger partial charge in [0, 0.05) is 24.1 Å². The molecule has 0 N–H and O–H groups in total. The van der Waals surface area contributed by atoms with E-state index >= 15 is 0 Å². The number of carbonyl (C=O) groups excluding carboxylic acids is 1. The largest absolute Gasteiger partial charge is 0.294 e. The molecule has 0 bridgehead atoms. The zero-order valence-corrected chi connectivity index (χ0v) is 19.9. The third-order valence-electron chi connectivity index (χ3n) is 7.21. The highest BCUT2D eigenvalue weighted by molar-refractivity contribution is 5.96. The molecule has 4 nitrogen and oxygen atoms in total. The molecule has 4 heteroatoms. The summed E-state index contributed by atoms with van der Waals surface area (Å²) in [6, 6.07) is 23.7. The number of non-ortho nitro benzene ring substituents is 1. The van der Waals surface area contributed by atoms with E-state index < -0.39 is 0 Å². The molecule has 0 aromatic heterocycles. The first-order valence-corrected chi connectivity index (χ1v) is 12.5. The molecule has 1 saturated carbocycles. The lowest BCUT2D eigenvalue weighted by Gasteiger charge is -2.28. The van der Waals surface area contributed by atoms with Gasteiger partial charge < -0.3 is 0 Å². The number of unbranched alkanes of at least 4 members (excludes halogenated alkanes) is 1. The van der Waals surface area contributed by atoms with Crippen LogP contribution in [0.25, 0.3) is 11.1 Å². The average Bonchev–Trinajstić information content (AvgIpc) is 2.88. The summed E-state index contributed by atoms with van der Waals surface area (Å²) in [5, 5.41) is 10.9. The molecule has 0 aliphatic heterocycles. The number of aryl methyl sites for hydroxylation is 1. The van der Waals surface area contributed by atoms with Gasteiger partial charge in [-0.25, -0.2) is 0 Å². The minimum Gasteiger partial charge on any atom is -0.294 e. The summed E-state index contributed by atoms with van der Waals surface area (Å²) in [5.74, 6) is 1.07. The van der Waals surface area contributed by atoms with Crippen LogP contribution in [0.1, 0.15) is 79.3 Å². The van der Waals surface area contributed by atoms with E-state index in [0.717, 1.165) is 43.2 Å². The molecule has 0 radical (unpaired) electrons. The minimum absolute atomic E-state index is 0.137. The van der Waals surface area contributed by atoms with Crippen LogP contribution in [0.5, 0.6) is 0 Å². The molecule has 0 unspecified atom stereocenters. The van der Waals surface area contributed by atoms with Crippen molar-refractivity contribution in [1.82, 2.24) is 0 Å². The number of ketones is 1. The van der Waals surface area contributed by atoms with Crippen molar-refractivity contribution >= 4 is 11.5 Å². The summed E-state index contributed by atoms with van der Waals surface area (Å²) in [6.45, 7) is 2.21. The van der Waals surface area contributed by atoms with Gasteiger partial charge in [0.05, 0.1) is 4.92 Å². The molecule has 1 fully saturated rings. The maximum absolute atomic E-state index is 12.9. The van der Waals surface area contributed by atoms with Gasteiger partial charge in [-0.15, -0.1) is 0 Å². The number of rotatable bonds is 9. The van der Waals surface area contributed by atoms with Crippen LogP contribution in [-0.2, 0) is 6.42 Å². The van der Waals surface area contributed by atoms with Crippen molar-refractivity contribution in [3.8, 4) is 11.1 Å². The van der Waals surface area contributed by atoms with Crippen molar-refractivity contribution in [2.24, 2.45) is 5.92 Å². The molecule has 176 valence electrons. The quantitative estimate of drug-likeness (QED) is 0.186. The predicted molar refractivity (Wildman–Crippen MR) is 137 cm³/mol. The molecule has 0 spiro atoms. The van der Waals surface area contributed by atoms with Gasteiger partial charge in [-0.1, -0.05) is 74.0 Å². The smallest absolute Gasteiger partial charge is 0.269 e. The van der Waals surface area contributed by atoms with Gasteiger partial charge >= 0.3 is 0 Å². The fourth-order valence-corrected chi connectivity index (χ4v) is 5.04. The van der Waals surface area contributed by atoms with Gasteiger partial charge in [-0.3, -0.25) is 14.9 Å². The Bertz CT molecular complexity index is 1090. The number of Topliss-reactive ketones (excluding diaryl/α,β-unsaturated/α-hetero) is 1. The molecular formula is C30H33NO3. The van der Waals surface area contributed by atoms with Gasteiger partial charge in [0.15, 0.2) is 5.78 Å². The number of hydrogen-bond donors (Lipinski definition) is 0. The van der Waals surface area contributed by atoms with E-state index in [-0.39, 0.29) is 16.4 Å². The van der Waals surface area contributed by atoms with E-state index in [9.17, 15) is 14.9 Å². The van der Waals surface area contributed by atoms with Gasteiger partial charge in [0.2, 0.25) is 0 Å². The second kappa shape index (κ2) is 11.2. The molecule has 0 amide bonds. The van der Waals surface area contributed by atoms with Crippen molar-refractivity contribution in [2.75, 3.05) is 0 Å². The molecule has 0 saturated heterocycles. The van der Waals surface area contributed by atoms with Crippen molar-refractivity contribution in [3.05, 3.63) is 99.6 Å². The van der Waals surface area contributed by atoms with Crippen LogP contribution < -0.4 is 0 Å². The highest BCUT2D eigenvalue weighted by Crippen LogP contribution is 2.38. The van der Waals surface area contributed by atoms with E-state index in [1.165, 1.54) is 29.5 Å². The van der Waals surface area contributed by atoms with Crippen LogP contribution in [0.2, 0.25) is 0 Å². The van der Waals surface area contributed by atoms with Crippen molar-refractivity contribution < 1.29 is 9.72 Å². The lowest BCUT2D eigenvalue weighted by Crippen LogP contribution is -2.16. The lowest BCUT2D eigenvalue weighted by molar-refractivity contribution is -0.384. The van der Waals surface area contributed by atoms with E-state index in [2.05, 4.69) is 43.3 Å². The van der Waals surface area contributed by atoms with Crippen LogP contribution in [0.3, 0.4) is 0 Å². The van der Waals surface area contributed by atoms with Crippen LogP contribution >= 0.6 is 0 Å². The second-order valence-electron chi connectivity index (χ2n) is 9.57.